The zero-order valence-corrected chi connectivity index (χ0v) is 16.9. The van der Waals surface area contributed by atoms with Crippen molar-refractivity contribution in [2.24, 2.45) is 11.3 Å². The van der Waals surface area contributed by atoms with E-state index in [2.05, 4.69) is 46.6 Å². The van der Waals surface area contributed by atoms with Gasteiger partial charge in [0.15, 0.2) is 5.78 Å². The van der Waals surface area contributed by atoms with Gasteiger partial charge in [-0.05, 0) is 50.3 Å². The molecule has 0 unspecified atom stereocenters. The second-order valence-electron chi connectivity index (χ2n) is 9.49. The summed E-state index contributed by atoms with van der Waals surface area (Å²) in [7, 11) is 1.51. The van der Waals surface area contributed by atoms with Gasteiger partial charge in [-0.2, -0.15) is 0 Å². The fourth-order valence-corrected chi connectivity index (χ4v) is 7.78. The minimum atomic E-state index is -0.322. The molecule has 2 bridgehead atoms. The van der Waals surface area contributed by atoms with Crippen LogP contribution in [0.4, 0.5) is 5.69 Å². The SMILES string of the molecule is COC(=O)[C@@H]1C[C@@]23C=C/C(=C\C(C)=O)N4CC[C@@]5(c6ccccc6N[C@]15CC2)[C@@H]43. The Kier molecular flexibility index (Phi) is 3.18. The highest BCUT2D eigenvalue weighted by molar-refractivity contribution is 5.88. The molecule has 3 heterocycles. The van der Waals surface area contributed by atoms with Crippen molar-refractivity contribution in [2.75, 3.05) is 19.0 Å². The molecule has 6 aliphatic rings. The van der Waals surface area contributed by atoms with Gasteiger partial charge < -0.3 is 15.0 Å². The van der Waals surface area contributed by atoms with Crippen LogP contribution in [0, 0.1) is 11.3 Å². The molecule has 150 valence electrons. The number of para-hydroxylation sites is 1. The van der Waals surface area contributed by atoms with Gasteiger partial charge in [0.2, 0.25) is 0 Å². The summed E-state index contributed by atoms with van der Waals surface area (Å²) < 4.78 is 5.32. The molecule has 29 heavy (non-hydrogen) atoms. The van der Waals surface area contributed by atoms with Crippen molar-refractivity contribution in [3.8, 4) is 0 Å². The number of esters is 1. The smallest absolute Gasteiger partial charge is 0.311 e. The summed E-state index contributed by atoms with van der Waals surface area (Å²) in [5.41, 5.74) is 2.98. The maximum absolute atomic E-state index is 13.0. The van der Waals surface area contributed by atoms with Gasteiger partial charge in [0.1, 0.15) is 0 Å². The number of carbonyl (C=O) groups is 2. The molecule has 0 radical (unpaired) electrons. The molecular formula is C24H26N2O3. The van der Waals surface area contributed by atoms with Crippen LogP contribution in [0.3, 0.4) is 0 Å². The van der Waals surface area contributed by atoms with E-state index in [9.17, 15) is 9.59 Å². The van der Waals surface area contributed by atoms with Gasteiger partial charge in [-0.3, -0.25) is 9.59 Å². The summed E-state index contributed by atoms with van der Waals surface area (Å²) in [5, 5.41) is 3.87. The maximum atomic E-state index is 13.0. The molecule has 0 aromatic heterocycles. The van der Waals surface area contributed by atoms with Gasteiger partial charge in [-0.25, -0.2) is 0 Å². The van der Waals surface area contributed by atoms with Gasteiger partial charge in [0.25, 0.3) is 0 Å². The molecule has 0 amide bonds. The molecule has 5 heteroatoms. The van der Waals surface area contributed by atoms with Gasteiger partial charge in [-0.15, -0.1) is 0 Å². The van der Waals surface area contributed by atoms with Crippen molar-refractivity contribution in [1.82, 2.24) is 4.90 Å². The number of hydrogen-bond acceptors (Lipinski definition) is 5. The van der Waals surface area contributed by atoms with E-state index in [0.717, 1.165) is 43.6 Å². The third-order valence-corrected chi connectivity index (χ3v) is 8.55. The predicted molar refractivity (Wildman–Crippen MR) is 109 cm³/mol. The lowest BCUT2D eigenvalue weighted by Crippen LogP contribution is -2.76. The van der Waals surface area contributed by atoms with E-state index in [4.69, 9.17) is 4.74 Å². The summed E-state index contributed by atoms with van der Waals surface area (Å²) in [5.74, 6) is -0.193. The van der Waals surface area contributed by atoms with Crippen LogP contribution < -0.4 is 5.32 Å². The number of anilines is 1. The molecular weight excluding hydrogens is 364 g/mol. The minimum absolute atomic E-state index is 0.0651. The number of allylic oxidation sites excluding steroid dienone is 2. The lowest BCUT2D eigenvalue weighted by Gasteiger charge is -2.67. The van der Waals surface area contributed by atoms with E-state index in [0.29, 0.717) is 0 Å². The summed E-state index contributed by atoms with van der Waals surface area (Å²) >= 11 is 0. The average molecular weight is 390 g/mol. The highest BCUT2D eigenvalue weighted by Crippen LogP contribution is 2.73. The lowest BCUT2D eigenvalue weighted by molar-refractivity contribution is -0.161. The summed E-state index contributed by atoms with van der Waals surface area (Å²) in [4.78, 5) is 27.4. The molecule has 3 saturated carbocycles. The number of ether oxygens (including phenoxy) is 1. The van der Waals surface area contributed by atoms with Gasteiger partial charge >= 0.3 is 5.97 Å². The van der Waals surface area contributed by atoms with Crippen molar-refractivity contribution in [2.45, 2.75) is 49.6 Å². The van der Waals surface area contributed by atoms with Crippen molar-refractivity contribution in [3.63, 3.8) is 0 Å². The van der Waals surface area contributed by atoms with Gasteiger partial charge in [0.05, 0.1) is 24.6 Å². The number of rotatable bonds is 2. The van der Waals surface area contributed by atoms with E-state index in [1.807, 2.05) is 0 Å². The number of hydrogen-bond donors (Lipinski definition) is 1. The Hall–Kier alpha value is -2.56. The third kappa shape index (κ3) is 1.79. The quantitative estimate of drug-likeness (QED) is 0.621. The number of benzene rings is 1. The topological polar surface area (TPSA) is 58.6 Å². The van der Waals surface area contributed by atoms with Crippen molar-refractivity contribution >= 4 is 17.4 Å². The monoisotopic (exact) mass is 390 g/mol. The molecule has 1 saturated heterocycles. The van der Waals surface area contributed by atoms with Crippen LogP contribution >= 0.6 is 0 Å². The van der Waals surface area contributed by atoms with E-state index in [1.54, 1.807) is 13.0 Å². The number of nitrogens with one attached hydrogen (secondary N) is 1. The van der Waals surface area contributed by atoms with Crippen LogP contribution in [0.2, 0.25) is 0 Å². The second kappa shape index (κ2) is 5.32. The first-order valence-corrected chi connectivity index (χ1v) is 10.6. The average Bonchev–Trinajstić information content (AvgIpc) is 3.28. The number of ketones is 1. The van der Waals surface area contributed by atoms with Crippen LogP contribution in [0.5, 0.6) is 0 Å². The Morgan fingerprint density at radius 1 is 1.24 bits per heavy atom. The molecule has 7 rings (SSSR count). The summed E-state index contributed by atoms with van der Waals surface area (Å²) in [6.45, 7) is 2.52. The maximum Gasteiger partial charge on any atom is 0.311 e. The summed E-state index contributed by atoms with van der Waals surface area (Å²) in [6.07, 6.45) is 9.99. The first-order chi connectivity index (χ1) is 14.0. The van der Waals surface area contributed by atoms with Gasteiger partial charge in [-0.1, -0.05) is 24.3 Å². The molecule has 5 nitrogen and oxygen atoms in total. The molecule has 3 aliphatic heterocycles. The highest BCUT2D eigenvalue weighted by Gasteiger charge is 2.79. The molecule has 4 fully saturated rings. The van der Waals surface area contributed by atoms with Crippen LogP contribution in [0.25, 0.3) is 0 Å². The minimum Gasteiger partial charge on any atom is -0.469 e. The Bertz CT molecular complexity index is 1010. The van der Waals surface area contributed by atoms with E-state index < -0.39 is 0 Å². The normalized spacial score (nSPS) is 41.6. The first kappa shape index (κ1) is 17.3. The zero-order valence-electron chi connectivity index (χ0n) is 16.9. The number of fused-ring (bicyclic) bond motifs is 3. The second-order valence-corrected chi connectivity index (χ2v) is 9.49. The van der Waals surface area contributed by atoms with Crippen molar-refractivity contribution in [3.05, 3.63) is 53.8 Å². The zero-order chi connectivity index (χ0) is 20.0. The van der Waals surface area contributed by atoms with Crippen LogP contribution in [0.15, 0.2) is 48.2 Å². The van der Waals surface area contributed by atoms with Gasteiger partial charge in [0, 0.05) is 34.8 Å². The summed E-state index contributed by atoms with van der Waals surface area (Å²) in [6, 6.07) is 8.84. The Labute approximate surface area is 170 Å². The van der Waals surface area contributed by atoms with Crippen LogP contribution in [-0.2, 0) is 19.7 Å². The third-order valence-electron chi connectivity index (χ3n) is 8.55. The number of carbonyl (C=O) groups excluding carboxylic acids is 2. The van der Waals surface area contributed by atoms with Crippen molar-refractivity contribution in [1.29, 1.82) is 0 Å². The molecule has 1 aromatic rings. The Balaban J connectivity index is 1.64. The number of nitrogens with zero attached hydrogens (tertiary/aromatic N) is 1. The molecule has 1 N–H and O–H groups in total. The Morgan fingerprint density at radius 2 is 2.07 bits per heavy atom. The largest absolute Gasteiger partial charge is 0.469 e. The van der Waals surface area contributed by atoms with Crippen LogP contribution in [-0.4, -0.2) is 41.9 Å². The lowest BCUT2D eigenvalue weighted by atomic mass is 9.39. The number of methoxy groups -OCH3 is 1. The van der Waals surface area contributed by atoms with Crippen LogP contribution in [0.1, 0.15) is 38.2 Å². The fourth-order valence-electron chi connectivity index (χ4n) is 7.78. The molecule has 5 atom stereocenters. The Morgan fingerprint density at radius 3 is 2.86 bits per heavy atom. The first-order valence-electron chi connectivity index (χ1n) is 10.6. The van der Waals surface area contributed by atoms with E-state index >= 15 is 0 Å². The van der Waals surface area contributed by atoms with E-state index in [1.165, 1.54) is 12.7 Å². The predicted octanol–water partition coefficient (Wildman–Crippen LogP) is 3.18. The highest BCUT2D eigenvalue weighted by atomic mass is 16.5. The van der Waals surface area contributed by atoms with Crippen molar-refractivity contribution < 1.29 is 14.3 Å². The molecule has 3 spiro atoms. The molecule has 1 aromatic carbocycles. The standard InChI is InChI=1S/C24H26N2O3/c1-15(27)13-16-7-8-22-9-10-24(18(14-22)20(28)29-2)23(11-12-26(16)21(22)23)17-5-3-4-6-19(17)25-24/h3-8,13,18,21,25H,9-12,14H2,1-2H3/b16-13+/t18-,21-,22+,23+,24+/m0/s1. The molecule has 3 aliphatic carbocycles. The fraction of sp³-hybridized carbons (Fsp3) is 0.500. The van der Waals surface area contributed by atoms with E-state index in [-0.39, 0.29) is 40.1 Å².